The summed E-state index contributed by atoms with van der Waals surface area (Å²) in [4.78, 5) is 3.15. The average molecular weight is 312 g/mol. The molecule has 2 aromatic rings. The summed E-state index contributed by atoms with van der Waals surface area (Å²) in [6, 6.07) is 1.20. The van der Waals surface area contributed by atoms with Gasteiger partial charge in [-0.2, -0.15) is 0 Å². The number of aryl methyl sites for hydroxylation is 2. The van der Waals surface area contributed by atoms with E-state index in [1.165, 1.54) is 6.20 Å². The zero-order valence-corrected chi connectivity index (χ0v) is 13.3. The van der Waals surface area contributed by atoms with Gasteiger partial charge in [0.15, 0.2) is 0 Å². The zero-order valence-electron chi connectivity index (χ0n) is 12.5. The predicted molar refractivity (Wildman–Crippen MR) is 78.3 cm³/mol. The molecule has 1 unspecified atom stereocenters. The second-order valence-electron chi connectivity index (χ2n) is 4.97. The van der Waals surface area contributed by atoms with Gasteiger partial charge in [-0.3, -0.25) is 0 Å². The van der Waals surface area contributed by atoms with E-state index < -0.39 is 16.1 Å². The van der Waals surface area contributed by atoms with Crippen LogP contribution >= 0.6 is 0 Å². The lowest BCUT2D eigenvalue weighted by atomic mass is 10.1. The summed E-state index contributed by atoms with van der Waals surface area (Å²) in [6.07, 6.45) is 1.48. The van der Waals surface area contributed by atoms with Gasteiger partial charge < -0.3 is 14.8 Å². The molecule has 2 aromatic heterocycles. The topological polar surface area (TPSA) is 100 Å². The Morgan fingerprint density at radius 3 is 2.71 bits per heavy atom. The van der Waals surface area contributed by atoms with Crippen LogP contribution in [0.15, 0.2) is 21.7 Å². The van der Waals surface area contributed by atoms with Crippen LogP contribution in [0.1, 0.15) is 35.7 Å². The van der Waals surface area contributed by atoms with Crippen LogP contribution in [0, 0.1) is 13.8 Å². The first kappa shape index (κ1) is 15.7. The molecule has 2 rings (SSSR count). The highest BCUT2D eigenvalue weighted by molar-refractivity contribution is 7.89. The highest BCUT2D eigenvalue weighted by atomic mass is 32.2. The van der Waals surface area contributed by atoms with Gasteiger partial charge in [0.2, 0.25) is 10.0 Å². The van der Waals surface area contributed by atoms with E-state index in [1.807, 2.05) is 0 Å². The second-order valence-corrected chi connectivity index (χ2v) is 6.69. The van der Waals surface area contributed by atoms with Crippen LogP contribution in [0.2, 0.25) is 0 Å². The van der Waals surface area contributed by atoms with Gasteiger partial charge in [0.05, 0.1) is 10.6 Å². The van der Waals surface area contributed by atoms with E-state index in [0.717, 1.165) is 11.3 Å². The molecule has 0 fully saturated rings. The number of hydrogen-bond acceptors (Lipinski definition) is 5. The van der Waals surface area contributed by atoms with Gasteiger partial charge in [-0.15, -0.1) is 0 Å². The predicted octanol–water partition coefficient (Wildman–Crippen LogP) is 1.38. The lowest BCUT2D eigenvalue weighted by Crippen LogP contribution is -2.27. The smallest absolute Gasteiger partial charge is 0.242 e. The Morgan fingerprint density at radius 1 is 1.43 bits per heavy atom. The number of H-pyrrole nitrogens is 1. The molecule has 0 aromatic carbocycles. The molecule has 1 atom stereocenters. The van der Waals surface area contributed by atoms with Gasteiger partial charge in [-0.05, 0) is 33.9 Å². The minimum Gasteiger partial charge on any atom is -0.363 e. The molecule has 0 bridgehead atoms. The SMILES string of the molecule is CNCc1cc(S(=O)(=O)NC(C)c2c(C)noc2C)c[nH]1. The summed E-state index contributed by atoms with van der Waals surface area (Å²) < 4.78 is 32.5. The monoisotopic (exact) mass is 312 g/mol. The second kappa shape index (κ2) is 6.00. The summed E-state index contributed by atoms with van der Waals surface area (Å²) in [5, 5.41) is 6.80. The molecular formula is C13H20N4O3S. The van der Waals surface area contributed by atoms with Crippen molar-refractivity contribution < 1.29 is 12.9 Å². The van der Waals surface area contributed by atoms with Crippen molar-refractivity contribution in [2.45, 2.75) is 38.3 Å². The highest BCUT2D eigenvalue weighted by Crippen LogP contribution is 2.23. The molecule has 8 heteroatoms. The average Bonchev–Trinajstić information content (AvgIpc) is 2.97. The van der Waals surface area contributed by atoms with Crippen molar-refractivity contribution in [2.24, 2.45) is 0 Å². The summed E-state index contributed by atoms with van der Waals surface area (Å²) in [5.41, 5.74) is 2.26. The van der Waals surface area contributed by atoms with Gasteiger partial charge in [0.1, 0.15) is 5.76 Å². The Morgan fingerprint density at radius 2 is 2.14 bits per heavy atom. The van der Waals surface area contributed by atoms with Crippen molar-refractivity contribution in [2.75, 3.05) is 7.05 Å². The molecule has 7 nitrogen and oxygen atoms in total. The maximum absolute atomic E-state index is 12.4. The number of nitrogens with zero attached hydrogens (tertiary/aromatic N) is 1. The first-order chi connectivity index (χ1) is 9.85. The first-order valence-electron chi connectivity index (χ1n) is 6.62. The van der Waals surface area contributed by atoms with Crippen LogP contribution in [-0.4, -0.2) is 25.6 Å². The van der Waals surface area contributed by atoms with Crippen molar-refractivity contribution in [3.63, 3.8) is 0 Å². The fraction of sp³-hybridized carbons (Fsp3) is 0.462. The first-order valence-corrected chi connectivity index (χ1v) is 8.10. The maximum Gasteiger partial charge on any atom is 0.242 e. The Balaban J connectivity index is 2.20. The third kappa shape index (κ3) is 3.34. The Kier molecular flexibility index (Phi) is 4.50. The van der Waals surface area contributed by atoms with Gasteiger partial charge in [0, 0.05) is 30.0 Å². The number of rotatable bonds is 6. The lowest BCUT2D eigenvalue weighted by Gasteiger charge is -2.13. The Bertz CT molecular complexity index is 698. The minimum absolute atomic E-state index is 0.214. The van der Waals surface area contributed by atoms with E-state index >= 15 is 0 Å². The van der Waals surface area contributed by atoms with Crippen molar-refractivity contribution in [1.29, 1.82) is 0 Å². The third-order valence-electron chi connectivity index (χ3n) is 3.25. The quantitative estimate of drug-likeness (QED) is 0.748. The lowest BCUT2D eigenvalue weighted by molar-refractivity contribution is 0.391. The van der Waals surface area contributed by atoms with Crippen LogP contribution < -0.4 is 10.0 Å². The highest BCUT2D eigenvalue weighted by Gasteiger charge is 2.23. The standard InChI is InChI=1S/C13H20N4O3S/c1-8-13(10(3)20-16-8)9(2)17-21(18,19)12-5-11(6-14-4)15-7-12/h5,7,9,14-15,17H,6H2,1-4H3. The van der Waals surface area contributed by atoms with Gasteiger partial charge in [0.25, 0.3) is 0 Å². The van der Waals surface area contributed by atoms with Crippen molar-refractivity contribution in [1.82, 2.24) is 20.2 Å². The molecule has 0 spiro atoms. The number of hydrogen-bond donors (Lipinski definition) is 3. The zero-order chi connectivity index (χ0) is 15.6. The van der Waals surface area contributed by atoms with Gasteiger partial charge in [-0.25, -0.2) is 13.1 Å². The van der Waals surface area contributed by atoms with E-state index in [4.69, 9.17) is 4.52 Å². The van der Waals surface area contributed by atoms with E-state index in [-0.39, 0.29) is 4.90 Å². The Labute approximate surface area is 124 Å². The van der Waals surface area contributed by atoms with Crippen molar-refractivity contribution in [3.05, 3.63) is 35.0 Å². The van der Waals surface area contributed by atoms with E-state index in [0.29, 0.717) is 18.0 Å². The maximum atomic E-state index is 12.4. The van der Waals surface area contributed by atoms with E-state index in [1.54, 1.807) is 33.9 Å². The molecule has 3 N–H and O–H groups in total. The third-order valence-corrected chi connectivity index (χ3v) is 4.77. The van der Waals surface area contributed by atoms with E-state index in [9.17, 15) is 8.42 Å². The van der Waals surface area contributed by atoms with Crippen LogP contribution in [0.5, 0.6) is 0 Å². The molecule has 0 aliphatic heterocycles. The fourth-order valence-corrected chi connectivity index (χ4v) is 3.57. The number of aromatic amines is 1. The molecule has 0 aliphatic carbocycles. The largest absolute Gasteiger partial charge is 0.363 e. The van der Waals surface area contributed by atoms with Crippen LogP contribution in [0.3, 0.4) is 0 Å². The van der Waals surface area contributed by atoms with Gasteiger partial charge >= 0.3 is 0 Å². The molecule has 0 saturated carbocycles. The normalized spacial score (nSPS) is 13.5. The minimum atomic E-state index is -3.60. The Hall–Kier alpha value is -1.64. The van der Waals surface area contributed by atoms with Crippen LogP contribution in [-0.2, 0) is 16.6 Å². The van der Waals surface area contributed by atoms with Crippen LogP contribution in [0.4, 0.5) is 0 Å². The molecular weight excluding hydrogens is 292 g/mol. The molecule has 0 saturated heterocycles. The molecule has 2 heterocycles. The van der Waals surface area contributed by atoms with Gasteiger partial charge in [-0.1, -0.05) is 5.16 Å². The fourth-order valence-electron chi connectivity index (χ4n) is 2.33. The van der Waals surface area contributed by atoms with E-state index in [2.05, 4.69) is 20.2 Å². The summed E-state index contributed by atoms with van der Waals surface area (Å²) in [7, 11) is -1.80. The molecule has 0 amide bonds. The molecule has 0 radical (unpaired) electrons. The number of sulfonamides is 1. The molecule has 21 heavy (non-hydrogen) atoms. The van der Waals surface area contributed by atoms with Crippen molar-refractivity contribution >= 4 is 10.0 Å². The number of aromatic nitrogens is 2. The molecule has 116 valence electrons. The summed E-state index contributed by atoms with van der Waals surface area (Å²) in [6.45, 7) is 5.90. The summed E-state index contributed by atoms with van der Waals surface area (Å²) >= 11 is 0. The van der Waals surface area contributed by atoms with Crippen LogP contribution in [0.25, 0.3) is 0 Å². The number of nitrogens with one attached hydrogen (secondary N) is 3. The summed E-state index contributed by atoms with van der Waals surface area (Å²) in [5.74, 6) is 0.618. The molecule has 0 aliphatic rings. The van der Waals surface area contributed by atoms with Crippen molar-refractivity contribution in [3.8, 4) is 0 Å².